The maximum Gasteiger partial charge on any atom is 0.247 e. The Morgan fingerprint density at radius 3 is 2.70 bits per heavy atom. The fourth-order valence-corrected chi connectivity index (χ4v) is 5.19. The van der Waals surface area contributed by atoms with E-state index in [4.69, 9.17) is 4.74 Å². The number of sulfone groups is 1. The summed E-state index contributed by atoms with van der Waals surface area (Å²) in [6.07, 6.45) is 3.08. The SMILES string of the molecule is CC(C)(C(=O)Nc1nc(-c2ccccn2)cs1)S(=O)(=O)CC1CCOCC1. The summed E-state index contributed by atoms with van der Waals surface area (Å²) in [5, 5.41) is 4.79. The van der Waals surface area contributed by atoms with Gasteiger partial charge in [-0.15, -0.1) is 11.3 Å². The van der Waals surface area contributed by atoms with Gasteiger partial charge in [-0.2, -0.15) is 0 Å². The van der Waals surface area contributed by atoms with Crippen LogP contribution in [0.1, 0.15) is 26.7 Å². The minimum absolute atomic E-state index is 0.00612. The number of pyridine rings is 1. The topological polar surface area (TPSA) is 98.3 Å². The minimum Gasteiger partial charge on any atom is -0.381 e. The lowest BCUT2D eigenvalue weighted by atomic mass is 10.0. The fraction of sp³-hybridized carbons (Fsp3) is 0.500. The molecule has 1 N–H and O–H groups in total. The summed E-state index contributed by atoms with van der Waals surface area (Å²) >= 11 is 1.24. The van der Waals surface area contributed by atoms with Crippen LogP contribution >= 0.6 is 11.3 Å². The second-order valence-corrected chi connectivity index (χ2v) is 10.5. The van der Waals surface area contributed by atoms with Gasteiger partial charge in [-0.25, -0.2) is 13.4 Å². The van der Waals surface area contributed by atoms with E-state index in [1.54, 1.807) is 11.6 Å². The maximum absolute atomic E-state index is 12.9. The van der Waals surface area contributed by atoms with Gasteiger partial charge in [0.15, 0.2) is 15.0 Å². The summed E-state index contributed by atoms with van der Waals surface area (Å²) < 4.78 is 29.4. The van der Waals surface area contributed by atoms with Crippen LogP contribution < -0.4 is 5.32 Å². The Morgan fingerprint density at radius 1 is 1.30 bits per heavy atom. The van der Waals surface area contributed by atoms with Crippen LogP contribution in [0.15, 0.2) is 29.8 Å². The lowest BCUT2D eigenvalue weighted by Gasteiger charge is -2.28. The molecule has 1 aliphatic heterocycles. The molecule has 1 aliphatic rings. The third-order valence-corrected chi connectivity index (χ3v) is 8.18. The van der Waals surface area contributed by atoms with Gasteiger partial charge in [0.25, 0.3) is 0 Å². The zero-order valence-corrected chi connectivity index (χ0v) is 17.0. The van der Waals surface area contributed by atoms with Crippen LogP contribution in [0, 0.1) is 5.92 Å². The van der Waals surface area contributed by atoms with Gasteiger partial charge in [0.05, 0.1) is 11.4 Å². The summed E-state index contributed by atoms with van der Waals surface area (Å²) in [6, 6.07) is 5.49. The van der Waals surface area contributed by atoms with Crippen molar-refractivity contribution in [2.24, 2.45) is 5.92 Å². The molecule has 0 bridgehead atoms. The van der Waals surface area contributed by atoms with E-state index < -0.39 is 20.5 Å². The highest BCUT2D eigenvalue weighted by Gasteiger charge is 2.43. The fourth-order valence-electron chi connectivity index (χ4n) is 2.78. The van der Waals surface area contributed by atoms with E-state index in [-0.39, 0.29) is 11.7 Å². The molecule has 2 aromatic heterocycles. The highest BCUT2D eigenvalue weighted by molar-refractivity contribution is 7.93. The Balaban J connectivity index is 1.69. The van der Waals surface area contributed by atoms with Gasteiger partial charge in [0, 0.05) is 24.8 Å². The van der Waals surface area contributed by atoms with Crippen LogP contribution in [0.5, 0.6) is 0 Å². The lowest BCUT2D eigenvalue weighted by molar-refractivity contribution is -0.117. The van der Waals surface area contributed by atoms with Crippen molar-refractivity contribution in [3.05, 3.63) is 29.8 Å². The predicted molar refractivity (Wildman–Crippen MR) is 105 cm³/mol. The van der Waals surface area contributed by atoms with Crippen LogP contribution in [0.4, 0.5) is 5.13 Å². The normalized spacial score (nSPS) is 16.2. The molecule has 7 nitrogen and oxygen atoms in total. The van der Waals surface area contributed by atoms with Gasteiger partial charge >= 0.3 is 0 Å². The Kier molecular flexibility index (Phi) is 5.92. The van der Waals surface area contributed by atoms with Crippen molar-refractivity contribution >= 4 is 32.2 Å². The molecule has 0 spiro atoms. The zero-order valence-electron chi connectivity index (χ0n) is 15.3. The highest BCUT2D eigenvalue weighted by Crippen LogP contribution is 2.28. The van der Waals surface area contributed by atoms with E-state index in [0.29, 0.717) is 42.6 Å². The van der Waals surface area contributed by atoms with Crippen LogP contribution in [-0.2, 0) is 19.4 Å². The lowest BCUT2D eigenvalue weighted by Crippen LogP contribution is -2.47. The molecule has 146 valence electrons. The molecule has 0 radical (unpaired) electrons. The quantitative estimate of drug-likeness (QED) is 0.788. The molecule has 9 heteroatoms. The number of hydrogen-bond donors (Lipinski definition) is 1. The predicted octanol–water partition coefficient (Wildman–Crippen LogP) is 2.76. The number of nitrogens with one attached hydrogen (secondary N) is 1. The van der Waals surface area contributed by atoms with Crippen LogP contribution in [0.25, 0.3) is 11.4 Å². The number of rotatable bonds is 6. The van der Waals surface area contributed by atoms with Crippen molar-refractivity contribution in [2.75, 3.05) is 24.3 Å². The molecular weight excluding hydrogens is 386 g/mol. The van der Waals surface area contributed by atoms with Gasteiger partial charge in [-0.3, -0.25) is 9.78 Å². The smallest absolute Gasteiger partial charge is 0.247 e. The number of nitrogens with zero attached hydrogens (tertiary/aromatic N) is 2. The third-order valence-electron chi connectivity index (χ3n) is 4.77. The Morgan fingerprint density at radius 2 is 2.04 bits per heavy atom. The molecule has 0 aromatic carbocycles. The molecule has 27 heavy (non-hydrogen) atoms. The summed E-state index contributed by atoms with van der Waals surface area (Å²) in [5.41, 5.74) is 1.33. The Bertz CT molecular complexity index is 888. The largest absolute Gasteiger partial charge is 0.381 e. The summed E-state index contributed by atoms with van der Waals surface area (Å²) in [4.78, 5) is 21.3. The molecule has 1 saturated heterocycles. The molecule has 3 rings (SSSR count). The maximum atomic E-state index is 12.9. The molecule has 1 fully saturated rings. The van der Waals surface area contributed by atoms with Gasteiger partial charge in [-0.05, 0) is 44.7 Å². The van der Waals surface area contributed by atoms with Crippen LogP contribution in [0.3, 0.4) is 0 Å². The van der Waals surface area contributed by atoms with E-state index in [1.807, 2.05) is 18.2 Å². The average Bonchev–Trinajstić information content (AvgIpc) is 3.11. The second-order valence-electron chi connectivity index (χ2n) is 7.05. The van der Waals surface area contributed by atoms with Crippen molar-refractivity contribution in [3.63, 3.8) is 0 Å². The number of thiazole rings is 1. The van der Waals surface area contributed by atoms with Gasteiger partial charge in [0.1, 0.15) is 10.4 Å². The second kappa shape index (κ2) is 8.04. The molecular formula is C18H23N3O4S2. The molecule has 0 aliphatic carbocycles. The van der Waals surface area contributed by atoms with E-state index in [0.717, 1.165) is 0 Å². The molecule has 0 atom stereocenters. The number of amides is 1. The Hall–Kier alpha value is -1.84. The first-order chi connectivity index (χ1) is 12.8. The molecule has 0 unspecified atom stereocenters. The standard InChI is InChI=1S/C18H23N3O4S2/c1-18(2,27(23,24)12-13-6-9-25-10-7-13)16(22)21-17-20-15(11-26-17)14-5-3-4-8-19-14/h3-5,8,11,13H,6-7,9-10,12H2,1-2H3,(H,20,21,22). The van der Waals surface area contributed by atoms with Crippen LogP contribution in [0.2, 0.25) is 0 Å². The first kappa shape index (κ1) is 19.9. The monoisotopic (exact) mass is 409 g/mol. The van der Waals surface area contributed by atoms with E-state index >= 15 is 0 Å². The average molecular weight is 410 g/mol. The van der Waals surface area contributed by atoms with Crippen molar-refractivity contribution < 1.29 is 17.9 Å². The zero-order chi connectivity index (χ0) is 19.5. The van der Waals surface area contributed by atoms with Crippen LogP contribution in [-0.4, -0.2) is 48.0 Å². The van der Waals surface area contributed by atoms with Gasteiger partial charge < -0.3 is 10.1 Å². The number of anilines is 1. The van der Waals surface area contributed by atoms with Gasteiger partial charge in [-0.1, -0.05) is 6.07 Å². The number of aromatic nitrogens is 2. The summed E-state index contributed by atoms with van der Waals surface area (Å²) in [5.74, 6) is -0.545. The number of carbonyl (C=O) groups excluding carboxylic acids is 1. The molecule has 2 aromatic rings. The van der Waals surface area contributed by atoms with E-state index in [9.17, 15) is 13.2 Å². The van der Waals surface area contributed by atoms with E-state index in [2.05, 4.69) is 15.3 Å². The minimum atomic E-state index is -3.63. The van der Waals surface area contributed by atoms with Crippen molar-refractivity contribution in [1.82, 2.24) is 9.97 Å². The first-order valence-corrected chi connectivity index (χ1v) is 11.3. The molecule has 0 saturated carbocycles. The summed E-state index contributed by atoms with van der Waals surface area (Å²) in [6.45, 7) is 4.04. The van der Waals surface area contributed by atoms with Crippen molar-refractivity contribution in [1.29, 1.82) is 0 Å². The Labute approximate surface area is 163 Å². The van der Waals surface area contributed by atoms with Crippen molar-refractivity contribution in [2.45, 2.75) is 31.4 Å². The third kappa shape index (κ3) is 4.53. The molecule has 1 amide bonds. The summed E-state index contributed by atoms with van der Waals surface area (Å²) in [7, 11) is -3.63. The number of carbonyl (C=O) groups is 1. The van der Waals surface area contributed by atoms with Crippen molar-refractivity contribution in [3.8, 4) is 11.4 Å². The van der Waals surface area contributed by atoms with Gasteiger partial charge in [0.2, 0.25) is 5.91 Å². The number of hydrogen-bond acceptors (Lipinski definition) is 7. The highest BCUT2D eigenvalue weighted by atomic mass is 32.2. The number of ether oxygens (including phenoxy) is 1. The first-order valence-electron chi connectivity index (χ1n) is 8.78. The molecule has 3 heterocycles. The van der Waals surface area contributed by atoms with E-state index in [1.165, 1.54) is 25.2 Å².